The van der Waals surface area contributed by atoms with Gasteiger partial charge in [-0.1, -0.05) is 6.07 Å². The van der Waals surface area contributed by atoms with Gasteiger partial charge in [0.1, 0.15) is 0 Å². The van der Waals surface area contributed by atoms with E-state index in [0.717, 1.165) is 12.1 Å². The maximum Gasteiger partial charge on any atom is 0.416 e. The molecule has 1 saturated heterocycles. The quantitative estimate of drug-likeness (QED) is 0.672. The predicted octanol–water partition coefficient (Wildman–Crippen LogP) is 3.41. The van der Waals surface area contributed by atoms with E-state index in [1.807, 2.05) is 0 Å². The van der Waals surface area contributed by atoms with E-state index < -0.39 is 21.8 Å². The normalized spacial score (nSPS) is 16.0. The third kappa shape index (κ3) is 4.23. The highest BCUT2D eigenvalue weighted by molar-refractivity contribution is 7.89. The summed E-state index contributed by atoms with van der Waals surface area (Å²) in [6, 6.07) is 9.26. The van der Waals surface area contributed by atoms with Crippen molar-refractivity contribution in [2.24, 2.45) is 0 Å². The zero-order valence-corrected chi connectivity index (χ0v) is 16.4. The van der Waals surface area contributed by atoms with Gasteiger partial charge in [0.25, 0.3) is 0 Å². The molecule has 2 heterocycles. The Kier molecular flexibility index (Phi) is 5.35. The molecule has 0 unspecified atom stereocenters. The molecule has 11 heteroatoms. The number of nitrogens with zero attached hydrogens (tertiary/aromatic N) is 3. The van der Waals surface area contributed by atoms with Crippen molar-refractivity contribution in [1.29, 1.82) is 0 Å². The number of hydrogen-bond donors (Lipinski definition) is 1. The van der Waals surface area contributed by atoms with Crippen LogP contribution in [0.3, 0.4) is 0 Å². The highest BCUT2D eigenvalue weighted by Crippen LogP contribution is 2.31. The van der Waals surface area contributed by atoms with Gasteiger partial charge in [-0.2, -0.15) is 17.5 Å². The maximum atomic E-state index is 12.9. The van der Waals surface area contributed by atoms with Crippen molar-refractivity contribution in [1.82, 2.24) is 14.3 Å². The third-order valence-corrected chi connectivity index (χ3v) is 6.54. The second kappa shape index (κ2) is 7.82. The topological polar surface area (TPSA) is 84.4 Å². The molecule has 1 aliphatic rings. The fraction of sp³-hybridized carbons (Fsp3) is 0.263. The molecule has 0 atom stereocenters. The van der Waals surface area contributed by atoms with Gasteiger partial charge in [-0.25, -0.2) is 18.4 Å². The molecule has 0 radical (unpaired) electrons. The number of hydrogen-bond acceptors (Lipinski definition) is 6. The summed E-state index contributed by atoms with van der Waals surface area (Å²) in [5.41, 5.74) is -0.145. The standard InChI is InChI=1S/C19H17F3N4O3S/c20-19(21,22)14-2-1-13-12-23-18(25-17(13)11-14)24-15-3-5-16(6-4-15)30(27,28)26-7-9-29-10-8-26/h1-6,11-12H,7-10H2,(H,23,24,25). The molecular formula is C19H17F3N4O3S. The molecule has 7 nitrogen and oxygen atoms in total. The van der Waals surface area contributed by atoms with Crippen molar-refractivity contribution < 1.29 is 26.3 Å². The molecule has 30 heavy (non-hydrogen) atoms. The van der Waals surface area contributed by atoms with E-state index in [-0.39, 0.29) is 16.4 Å². The minimum Gasteiger partial charge on any atom is -0.379 e. The summed E-state index contributed by atoms with van der Waals surface area (Å²) in [5, 5.41) is 3.35. The van der Waals surface area contributed by atoms with E-state index in [2.05, 4.69) is 15.3 Å². The molecular weight excluding hydrogens is 421 g/mol. The Morgan fingerprint density at radius 2 is 1.73 bits per heavy atom. The number of nitrogens with one attached hydrogen (secondary N) is 1. The number of fused-ring (bicyclic) bond motifs is 1. The predicted molar refractivity (Wildman–Crippen MR) is 104 cm³/mol. The molecule has 4 rings (SSSR count). The second-order valence-electron chi connectivity index (χ2n) is 6.63. The van der Waals surface area contributed by atoms with Crippen LogP contribution in [0.1, 0.15) is 5.56 Å². The van der Waals surface area contributed by atoms with Crippen LogP contribution in [-0.4, -0.2) is 49.0 Å². The number of rotatable bonds is 4. The van der Waals surface area contributed by atoms with Crippen LogP contribution in [0.2, 0.25) is 0 Å². The highest BCUT2D eigenvalue weighted by Gasteiger charge is 2.30. The van der Waals surface area contributed by atoms with Crippen LogP contribution in [0, 0.1) is 0 Å². The number of halogens is 3. The maximum absolute atomic E-state index is 12.9. The van der Waals surface area contributed by atoms with E-state index in [9.17, 15) is 21.6 Å². The Labute approximate surface area is 170 Å². The number of sulfonamides is 1. The molecule has 0 aliphatic carbocycles. The van der Waals surface area contributed by atoms with Crippen LogP contribution in [0.4, 0.5) is 24.8 Å². The molecule has 1 N–H and O–H groups in total. The first-order chi connectivity index (χ1) is 14.2. The van der Waals surface area contributed by atoms with Crippen molar-refractivity contribution in [2.45, 2.75) is 11.1 Å². The summed E-state index contributed by atoms with van der Waals surface area (Å²) in [4.78, 5) is 8.36. The minimum absolute atomic E-state index is 0.102. The van der Waals surface area contributed by atoms with Crippen molar-refractivity contribution in [3.05, 3.63) is 54.2 Å². The number of morpholine rings is 1. The van der Waals surface area contributed by atoms with E-state index >= 15 is 0 Å². The molecule has 1 aromatic heterocycles. The smallest absolute Gasteiger partial charge is 0.379 e. The van der Waals surface area contributed by atoms with Crippen LogP contribution < -0.4 is 5.32 Å². The second-order valence-corrected chi connectivity index (χ2v) is 8.57. The summed E-state index contributed by atoms with van der Waals surface area (Å²) >= 11 is 0. The Balaban J connectivity index is 1.55. The van der Waals surface area contributed by atoms with Crippen molar-refractivity contribution in [3.8, 4) is 0 Å². The molecule has 1 fully saturated rings. The van der Waals surface area contributed by atoms with Gasteiger partial charge in [-0.3, -0.25) is 0 Å². The number of benzene rings is 2. The lowest BCUT2D eigenvalue weighted by molar-refractivity contribution is -0.137. The van der Waals surface area contributed by atoms with E-state index in [1.54, 1.807) is 12.1 Å². The monoisotopic (exact) mass is 438 g/mol. The molecule has 2 aromatic carbocycles. The lowest BCUT2D eigenvalue weighted by atomic mass is 10.1. The fourth-order valence-electron chi connectivity index (χ4n) is 3.04. The first-order valence-corrected chi connectivity index (χ1v) is 10.5. The van der Waals surface area contributed by atoms with Crippen LogP contribution in [-0.2, 0) is 20.9 Å². The van der Waals surface area contributed by atoms with Crippen LogP contribution >= 0.6 is 0 Å². The molecule has 0 spiro atoms. The summed E-state index contributed by atoms with van der Waals surface area (Å²) in [6.07, 6.45) is -3.05. The van der Waals surface area contributed by atoms with E-state index in [0.29, 0.717) is 37.4 Å². The van der Waals surface area contributed by atoms with Crippen molar-refractivity contribution in [3.63, 3.8) is 0 Å². The minimum atomic E-state index is -4.46. The Hall–Kier alpha value is -2.76. The molecule has 3 aromatic rings. The summed E-state index contributed by atoms with van der Waals surface area (Å²) in [5.74, 6) is 0.102. The first-order valence-electron chi connectivity index (χ1n) is 9.02. The molecule has 158 valence electrons. The van der Waals surface area contributed by atoms with Crippen LogP contribution in [0.25, 0.3) is 10.9 Å². The number of alkyl halides is 3. The molecule has 0 amide bonds. The zero-order valence-electron chi connectivity index (χ0n) is 15.6. The van der Waals surface area contributed by atoms with Crippen molar-refractivity contribution >= 4 is 32.6 Å². The Morgan fingerprint density at radius 1 is 1.03 bits per heavy atom. The summed E-state index contributed by atoms with van der Waals surface area (Å²) in [6.45, 7) is 1.31. The first kappa shape index (κ1) is 20.5. The lowest BCUT2D eigenvalue weighted by Crippen LogP contribution is -2.40. The number of aromatic nitrogens is 2. The van der Waals surface area contributed by atoms with Crippen LogP contribution in [0.5, 0.6) is 0 Å². The fourth-order valence-corrected chi connectivity index (χ4v) is 4.44. The Bertz CT molecular complexity index is 1160. The average Bonchev–Trinajstić information content (AvgIpc) is 2.73. The largest absolute Gasteiger partial charge is 0.416 e. The third-order valence-electron chi connectivity index (χ3n) is 4.63. The molecule has 0 saturated carbocycles. The zero-order chi connectivity index (χ0) is 21.4. The Morgan fingerprint density at radius 3 is 2.40 bits per heavy atom. The van der Waals surface area contributed by atoms with E-state index in [4.69, 9.17) is 4.74 Å². The van der Waals surface area contributed by atoms with Gasteiger partial charge in [-0.15, -0.1) is 0 Å². The van der Waals surface area contributed by atoms with Crippen molar-refractivity contribution in [2.75, 3.05) is 31.6 Å². The lowest BCUT2D eigenvalue weighted by Gasteiger charge is -2.26. The summed E-state index contributed by atoms with van der Waals surface area (Å²) in [7, 11) is -3.61. The van der Waals surface area contributed by atoms with Gasteiger partial charge in [0.2, 0.25) is 16.0 Å². The van der Waals surface area contributed by atoms with Gasteiger partial charge in [-0.05, 0) is 36.4 Å². The van der Waals surface area contributed by atoms with Crippen LogP contribution in [0.15, 0.2) is 53.6 Å². The summed E-state index contributed by atoms with van der Waals surface area (Å²) < 4.78 is 70.6. The average molecular weight is 438 g/mol. The van der Waals surface area contributed by atoms with Gasteiger partial charge < -0.3 is 10.1 Å². The highest BCUT2D eigenvalue weighted by atomic mass is 32.2. The van der Waals surface area contributed by atoms with E-state index in [1.165, 1.54) is 28.7 Å². The van der Waals surface area contributed by atoms with Gasteiger partial charge in [0, 0.05) is 30.4 Å². The molecule has 1 aliphatic heterocycles. The number of anilines is 2. The van der Waals surface area contributed by atoms with Gasteiger partial charge in [0.05, 0.1) is 29.2 Å². The SMILES string of the molecule is O=S(=O)(c1ccc(Nc2ncc3ccc(C(F)(F)F)cc3n2)cc1)N1CCOCC1. The molecule has 0 bridgehead atoms. The van der Waals surface area contributed by atoms with Gasteiger partial charge in [0.15, 0.2) is 0 Å². The number of ether oxygens (including phenoxy) is 1. The van der Waals surface area contributed by atoms with Gasteiger partial charge >= 0.3 is 6.18 Å².